The molecule has 6 heteroatoms. The summed E-state index contributed by atoms with van der Waals surface area (Å²) >= 11 is 7.15. The first-order valence-electron chi connectivity index (χ1n) is 6.87. The molecule has 0 aliphatic carbocycles. The minimum Gasteiger partial charge on any atom is -0.379 e. The van der Waals surface area contributed by atoms with Gasteiger partial charge in [0.25, 0.3) is 0 Å². The number of aromatic nitrogens is 1. The number of anilines is 1. The number of thiazole rings is 1. The van der Waals surface area contributed by atoms with Crippen LogP contribution in [0.15, 0.2) is 54.7 Å². The van der Waals surface area contributed by atoms with Crippen molar-refractivity contribution < 1.29 is 9.18 Å². The molecule has 1 heterocycles. The molecule has 0 aliphatic rings. The van der Waals surface area contributed by atoms with Gasteiger partial charge in [-0.1, -0.05) is 41.9 Å². The standard InChI is InChI=1S/C17H12ClFN2OS/c18-17-21-10-13(23-17)9-20-15-7-6-12(19)8-14(15)16(22)11-4-2-1-3-5-11/h1-8,10,20H,9H2. The molecule has 0 spiro atoms. The number of benzene rings is 2. The molecule has 0 fully saturated rings. The normalized spacial score (nSPS) is 10.5. The Morgan fingerprint density at radius 1 is 1.22 bits per heavy atom. The Labute approximate surface area is 141 Å². The quantitative estimate of drug-likeness (QED) is 0.676. The van der Waals surface area contributed by atoms with Crippen LogP contribution in [0.1, 0.15) is 20.8 Å². The van der Waals surface area contributed by atoms with Gasteiger partial charge in [0.1, 0.15) is 5.82 Å². The first-order chi connectivity index (χ1) is 11.1. The third-order valence-electron chi connectivity index (χ3n) is 3.24. The molecule has 3 rings (SSSR count). The van der Waals surface area contributed by atoms with Crippen LogP contribution in [-0.4, -0.2) is 10.8 Å². The highest BCUT2D eigenvalue weighted by molar-refractivity contribution is 7.15. The van der Waals surface area contributed by atoms with Crippen LogP contribution < -0.4 is 5.32 Å². The second-order valence-corrected chi connectivity index (χ2v) is 6.52. The second kappa shape index (κ2) is 6.89. The number of halogens is 2. The number of nitrogens with one attached hydrogen (secondary N) is 1. The summed E-state index contributed by atoms with van der Waals surface area (Å²) in [5, 5.41) is 3.15. The number of rotatable bonds is 5. The van der Waals surface area contributed by atoms with Gasteiger partial charge in [0, 0.05) is 27.9 Å². The number of ketones is 1. The Kier molecular flexibility index (Phi) is 4.69. The van der Waals surface area contributed by atoms with Gasteiger partial charge >= 0.3 is 0 Å². The number of carbonyl (C=O) groups is 1. The average molecular weight is 347 g/mol. The molecule has 0 bridgehead atoms. The summed E-state index contributed by atoms with van der Waals surface area (Å²) in [4.78, 5) is 17.5. The summed E-state index contributed by atoms with van der Waals surface area (Å²) in [6, 6.07) is 12.9. The number of nitrogens with zero attached hydrogens (tertiary/aromatic N) is 1. The van der Waals surface area contributed by atoms with E-state index in [1.54, 1.807) is 36.5 Å². The molecule has 3 aromatic rings. The van der Waals surface area contributed by atoms with E-state index < -0.39 is 5.82 Å². The predicted molar refractivity (Wildman–Crippen MR) is 90.7 cm³/mol. The maximum Gasteiger partial charge on any atom is 0.195 e. The lowest BCUT2D eigenvalue weighted by Gasteiger charge is -2.11. The molecule has 0 amide bonds. The molecule has 0 radical (unpaired) electrons. The Balaban J connectivity index is 1.87. The van der Waals surface area contributed by atoms with Gasteiger partial charge in [0.2, 0.25) is 0 Å². The molecule has 3 nitrogen and oxygen atoms in total. The lowest BCUT2D eigenvalue weighted by molar-refractivity contribution is 0.103. The van der Waals surface area contributed by atoms with Crippen LogP contribution >= 0.6 is 22.9 Å². The number of carbonyl (C=O) groups excluding carboxylic acids is 1. The minimum absolute atomic E-state index is 0.227. The summed E-state index contributed by atoms with van der Waals surface area (Å²) in [7, 11) is 0. The molecular weight excluding hydrogens is 335 g/mol. The first-order valence-corrected chi connectivity index (χ1v) is 8.06. The van der Waals surface area contributed by atoms with Crippen molar-refractivity contribution in [3.63, 3.8) is 0 Å². The van der Waals surface area contributed by atoms with Crippen LogP contribution in [0.2, 0.25) is 4.47 Å². The Morgan fingerprint density at radius 3 is 2.70 bits per heavy atom. The molecular formula is C17H12ClFN2OS. The van der Waals surface area contributed by atoms with Gasteiger partial charge in [0.05, 0.1) is 6.54 Å². The van der Waals surface area contributed by atoms with Crippen LogP contribution in [0.4, 0.5) is 10.1 Å². The maximum atomic E-state index is 13.6. The molecule has 23 heavy (non-hydrogen) atoms. The van der Waals surface area contributed by atoms with Gasteiger partial charge in [-0.05, 0) is 18.2 Å². The Morgan fingerprint density at radius 2 is 2.00 bits per heavy atom. The van der Waals surface area contributed by atoms with E-state index in [0.29, 0.717) is 27.8 Å². The monoisotopic (exact) mass is 346 g/mol. The van der Waals surface area contributed by atoms with E-state index >= 15 is 0 Å². The van der Waals surface area contributed by atoms with E-state index in [4.69, 9.17) is 11.6 Å². The fraction of sp³-hybridized carbons (Fsp3) is 0.0588. The fourth-order valence-electron chi connectivity index (χ4n) is 2.15. The van der Waals surface area contributed by atoms with Crippen LogP contribution in [-0.2, 0) is 6.54 Å². The molecule has 1 aromatic heterocycles. The van der Waals surface area contributed by atoms with E-state index in [9.17, 15) is 9.18 Å². The summed E-state index contributed by atoms with van der Waals surface area (Å²) in [5.74, 6) is -0.675. The van der Waals surface area contributed by atoms with Crippen molar-refractivity contribution in [2.24, 2.45) is 0 Å². The SMILES string of the molecule is O=C(c1ccccc1)c1cc(F)ccc1NCc1cnc(Cl)s1. The van der Waals surface area contributed by atoms with Crippen LogP contribution in [0.5, 0.6) is 0 Å². The minimum atomic E-state index is -0.448. The lowest BCUT2D eigenvalue weighted by atomic mass is 10.0. The third-order valence-corrected chi connectivity index (χ3v) is 4.36. The molecule has 0 unspecified atom stereocenters. The molecule has 0 saturated heterocycles. The maximum absolute atomic E-state index is 13.6. The number of hydrogen-bond donors (Lipinski definition) is 1. The van der Waals surface area contributed by atoms with Crippen LogP contribution in [0.3, 0.4) is 0 Å². The fourth-order valence-corrected chi connectivity index (χ4v) is 3.07. The first kappa shape index (κ1) is 15.6. The molecule has 116 valence electrons. The smallest absolute Gasteiger partial charge is 0.195 e. The summed E-state index contributed by atoms with van der Waals surface area (Å²) < 4.78 is 14.0. The molecule has 2 aromatic carbocycles. The zero-order chi connectivity index (χ0) is 16.2. The van der Waals surface area contributed by atoms with Gasteiger partial charge in [-0.15, -0.1) is 11.3 Å². The highest BCUT2D eigenvalue weighted by Crippen LogP contribution is 2.23. The van der Waals surface area contributed by atoms with E-state index in [1.807, 2.05) is 6.07 Å². The van der Waals surface area contributed by atoms with E-state index in [1.165, 1.54) is 23.5 Å². The van der Waals surface area contributed by atoms with Crippen molar-refractivity contribution >= 4 is 34.4 Å². The molecule has 0 saturated carbocycles. The van der Waals surface area contributed by atoms with Gasteiger partial charge < -0.3 is 5.32 Å². The van der Waals surface area contributed by atoms with Crippen molar-refractivity contribution in [2.75, 3.05) is 5.32 Å². The zero-order valence-corrected chi connectivity index (χ0v) is 13.5. The second-order valence-electron chi connectivity index (χ2n) is 4.82. The van der Waals surface area contributed by atoms with Crippen molar-refractivity contribution in [2.45, 2.75) is 6.54 Å². The Hall–Kier alpha value is -2.24. The molecule has 1 N–H and O–H groups in total. The van der Waals surface area contributed by atoms with Crippen molar-refractivity contribution in [1.29, 1.82) is 0 Å². The average Bonchev–Trinajstić information content (AvgIpc) is 2.99. The van der Waals surface area contributed by atoms with Crippen LogP contribution in [0, 0.1) is 5.82 Å². The Bertz CT molecular complexity index is 836. The predicted octanol–water partition coefficient (Wildman–Crippen LogP) is 4.78. The molecule has 0 aliphatic heterocycles. The van der Waals surface area contributed by atoms with E-state index in [-0.39, 0.29) is 5.78 Å². The van der Waals surface area contributed by atoms with Gasteiger partial charge in [-0.3, -0.25) is 4.79 Å². The van der Waals surface area contributed by atoms with E-state index in [0.717, 1.165) is 4.88 Å². The van der Waals surface area contributed by atoms with Gasteiger partial charge in [-0.2, -0.15) is 0 Å². The summed E-state index contributed by atoms with van der Waals surface area (Å²) in [6.07, 6.45) is 1.67. The van der Waals surface area contributed by atoms with Gasteiger partial charge in [0.15, 0.2) is 10.3 Å². The van der Waals surface area contributed by atoms with Crippen molar-refractivity contribution in [1.82, 2.24) is 4.98 Å². The zero-order valence-electron chi connectivity index (χ0n) is 11.9. The lowest BCUT2D eigenvalue weighted by Crippen LogP contribution is -2.08. The molecule has 0 atom stereocenters. The van der Waals surface area contributed by atoms with E-state index in [2.05, 4.69) is 10.3 Å². The number of hydrogen-bond acceptors (Lipinski definition) is 4. The van der Waals surface area contributed by atoms with Gasteiger partial charge in [-0.25, -0.2) is 9.37 Å². The third kappa shape index (κ3) is 3.75. The highest BCUT2D eigenvalue weighted by Gasteiger charge is 2.15. The topological polar surface area (TPSA) is 42.0 Å². The van der Waals surface area contributed by atoms with Crippen molar-refractivity contribution in [3.8, 4) is 0 Å². The summed E-state index contributed by atoms with van der Waals surface area (Å²) in [6.45, 7) is 0.463. The summed E-state index contributed by atoms with van der Waals surface area (Å²) in [5.41, 5.74) is 1.39. The highest BCUT2D eigenvalue weighted by atomic mass is 35.5. The van der Waals surface area contributed by atoms with Crippen LogP contribution in [0.25, 0.3) is 0 Å². The largest absolute Gasteiger partial charge is 0.379 e. The van der Waals surface area contributed by atoms with Crippen molar-refractivity contribution in [3.05, 3.63) is 81.0 Å².